The molecule has 2 rings (SSSR count). The van der Waals surface area contributed by atoms with Crippen LogP contribution >= 0.6 is 0 Å². The van der Waals surface area contributed by atoms with Gasteiger partial charge in [-0.25, -0.2) is 0 Å². The number of rotatable bonds is 5. The fourth-order valence-electron chi connectivity index (χ4n) is 2.81. The Kier molecular flexibility index (Phi) is 3.50. The Labute approximate surface area is 101 Å². The summed E-state index contributed by atoms with van der Waals surface area (Å²) < 4.78 is 4.98. The van der Waals surface area contributed by atoms with Crippen LogP contribution in [0, 0.1) is 23.7 Å². The number of carboxylic acids is 1. The van der Waals surface area contributed by atoms with Gasteiger partial charge in [0.15, 0.2) is 0 Å². The molecule has 0 spiro atoms. The first-order chi connectivity index (χ1) is 8.13. The molecule has 0 aliphatic heterocycles. The van der Waals surface area contributed by atoms with Gasteiger partial charge in [-0.2, -0.15) is 0 Å². The van der Waals surface area contributed by atoms with Gasteiger partial charge in [-0.3, -0.25) is 9.59 Å². The third kappa shape index (κ3) is 2.68. The maximum absolute atomic E-state index is 11.8. The van der Waals surface area contributed by atoms with E-state index < -0.39 is 17.8 Å². The van der Waals surface area contributed by atoms with E-state index in [-0.39, 0.29) is 12.6 Å². The van der Waals surface area contributed by atoms with Gasteiger partial charge in [0.05, 0.1) is 11.8 Å². The van der Waals surface area contributed by atoms with Crippen molar-refractivity contribution in [2.45, 2.75) is 25.7 Å². The van der Waals surface area contributed by atoms with Crippen molar-refractivity contribution >= 4 is 11.9 Å². The summed E-state index contributed by atoms with van der Waals surface area (Å²) >= 11 is 0. The molecule has 0 radical (unpaired) electrons. The molecule has 2 fully saturated rings. The molecule has 0 aromatic rings. The van der Waals surface area contributed by atoms with Crippen LogP contribution in [0.25, 0.3) is 0 Å². The molecule has 4 heteroatoms. The van der Waals surface area contributed by atoms with Crippen LogP contribution in [0.15, 0.2) is 12.7 Å². The van der Waals surface area contributed by atoms with Crippen LogP contribution in [-0.2, 0) is 14.3 Å². The smallest absolute Gasteiger partial charge is 0.310 e. The van der Waals surface area contributed by atoms with Gasteiger partial charge in [-0.1, -0.05) is 12.7 Å². The summed E-state index contributed by atoms with van der Waals surface area (Å²) in [5, 5.41) is 9.15. The van der Waals surface area contributed by atoms with Crippen LogP contribution in [0.5, 0.6) is 0 Å². The predicted molar refractivity (Wildman–Crippen MR) is 61.2 cm³/mol. The SMILES string of the molecule is C=CCOC(=O)[C@H]1CC(C2CC2)C[C@H]1C(=O)O. The predicted octanol–water partition coefficient (Wildman–Crippen LogP) is 1.85. The van der Waals surface area contributed by atoms with Crippen LogP contribution in [-0.4, -0.2) is 23.7 Å². The quantitative estimate of drug-likeness (QED) is 0.586. The lowest BCUT2D eigenvalue weighted by Crippen LogP contribution is -2.26. The highest BCUT2D eigenvalue weighted by atomic mass is 16.5. The fourth-order valence-corrected chi connectivity index (χ4v) is 2.81. The van der Waals surface area contributed by atoms with E-state index in [1.165, 1.54) is 18.9 Å². The Morgan fingerprint density at radius 2 is 1.88 bits per heavy atom. The highest BCUT2D eigenvalue weighted by Crippen LogP contribution is 2.49. The number of carbonyl (C=O) groups excluding carboxylic acids is 1. The summed E-state index contributed by atoms with van der Waals surface area (Å²) in [4.78, 5) is 22.9. The van der Waals surface area contributed by atoms with E-state index in [0.29, 0.717) is 24.7 Å². The second-order valence-electron chi connectivity index (χ2n) is 5.04. The molecule has 17 heavy (non-hydrogen) atoms. The van der Waals surface area contributed by atoms with E-state index in [9.17, 15) is 9.59 Å². The normalized spacial score (nSPS) is 32.1. The number of carbonyl (C=O) groups is 2. The fraction of sp³-hybridized carbons (Fsp3) is 0.692. The number of esters is 1. The summed E-state index contributed by atoms with van der Waals surface area (Å²) in [6.45, 7) is 3.64. The highest BCUT2D eigenvalue weighted by Gasteiger charge is 2.48. The first-order valence-corrected chi connectivity index (χ1v) is 6.13. The zero-order chi connectivity index (χ0) is 12.4. The van der Waals surface area contributed by atoms with Crippen molar-refractivity contribution in [1.29, 1.82) is 0 Å². The second-order valence-corrected chi connectivity index (χ2v) is 5.04. The van der Waals surface area contributed by atoms with Gasteiger partial charge in [0, 0.05) is 0 Å². The average molecular weight is 238 g/mol. The standard InChI is InChI=1S/C13H18O4/c1-2-5-17-13(16)11-7-9(8-3-4-8)6-10(11)12(14)15/h2,8-11H,1,3-7H2,(H,14,15)/t9?,10-,11+/m1/s1. The van der Waals surface area contributed by atoms with Gasteiger partial charge < -0.3 is 9.84 Å². The molecule has 0 amide bonds. The zero-order valence-corrected chi connectivity index (χ0v) is 9.80. The molecule has 2 saturated carbocycles. The minimum atomic E-state index is -0.867. The van der Waals surface area contributed by atoms with Crippen LogP contribution in [0.4, 0.5) is 0 Å². The summed E-state index contributed by atoms with van der Waals surface area (Å²) in [6.07, 6.45) is 5.18. The summed E-state index contributed by atoms with van der Waals surface area (Å²) in [5.41, 5.74) is 0. The molecule has 94 valence electrons. The molecular formula is C13H18O4. The molecule has 2 aliphatic rings. The molecule has 4 nitrogen and oxygen atoms in total. The van der Waals surface area contributed by atoms with E-state index in [1.54, 1.807) is 0 Å². The maximum atomic E-state index is 11.8. The van der Waals surface area contributed by atoms with Crippen molar-refractivity contribution in [3.05, 3.63) is 12.7 Å². The average Bonchev–Trinajstić information content (AvgIpc) is 3.04. The van der Waals surface area contributed by atoms with Crippen molar-refractivity contribution in [2.75, 3.05) is 6.61 Å². The molecule has 2 aliphatic carbocycles. The molecule has 1 N–H and O–H groups in total. The molecule has 0 saturated heterocycles. The van der Waals surface area contributed by atoms with Crippen LogP contribution in [0.3, 0.4) is 0 Å². The number of carboxylic acid groups (broad SMARTS) is 1. The van der Waals surface area contributed by atoms with Crippen LogP contribution < -0.4 is 0 Å². The van der Waals surface area contributed by atoms with E-state index in [2.05, 4.69) is 6.58 Å². The van der Waals surface area contributed by atoms with E-state index in [4.69, 9.17) is 9.84 Å². The Morgan fingerprint density at radius 1 is 1.24 bits per heavy atom. The van der Waals surface area contributed by atoms with Gasteiger partial charge in [0.25, 0.3) is 0 Å². The Bertz CT molecular complexity index is 332. The number of hydrogen-bond acceptors (Lipinski definition) is 3. The third-order valence-electron chi connectivity index (χ3n) is 3.85. The molecule has 0 aromatic heterocycles. The van der Waals surface area contributed by atoms with Crippen molar-refractivity contribution in [3.63, 3.8) is 0 Å². The van der Waals surface area contributed by atoms with Gasteiger partial charge in [0.2, 0.25) is 0 Å². The first kappa shape index (κ1) is 12.1. The van der Waals surface area contributed by atoms with Gasteiger partial charge >= 0.3 is 11.9 Å². The lowest BCUT2D eigenvalue weighted by molar-refractivity contribution is -0.155. The maximum Gasteiger partial charge on any atom is 0.310 e. The zero-order valence-electron chi connectivity index (χ0n) is 9.80. The van der Waals surface area contributed by atoms with Gasteiger partial charge in [-0.15, -0.1) is 0 Å². The van der Waals surface area contributed by atoms with Crippen molar-refractivity contribution in [3.8, 4) is 0 Å². The lowest BCUT2D eigenvalue weighted by atomic mass is 9.96. The number of ether oxygens (including phenoxy) is 1. The van der Waals surface area contributed by atoms with E-state index in [1.807, 2.05) is 0 Å². The van der Waals surface area contributed by atoms with E-state index in [0.717, 1.165) is 0 Å². The minimum Gasteiger partial charge on any atom is -0.481 e. The largest absolute Gasteiger partial charge is 0.481 e. The van der Waals surface area contributed by atoms with Gasteiger partial charge in [-0.05, 0) is 37.5 Å². The van der Waals surface area contributed by atoms with Crippen molar-refractivity contribution < 1.29 is 19.4 Å². The monoisotopic (exact) mass is 238 g/mol. The molecular weight excluding hydrogens is 220 g/mol. The van der Waals surface area contributed by atoms with Crippen LogP contribution in [0.1, 0.15) is 25.7 Å². The molecule has 0 heterocycles. The van der Waals surface area contributed by atoms with Crippen molar-refractivity contribution in [2.24, 2.45) is 23.7 Å². The summed E-state index contributed by atoms with van der Waals surface area (Å²) in [5.74, 6) is -1.21. The Hall–Kier alpha value is -1.32. The molecule has 0 bridgehead atoms. The Balaban J connectivity index is 1.99. The van der Waals surface area contributed by atoms with Crippen LogP contribution in [0.2, 0.25) is 0 Å². The van der Waals surface area contributed by atoms with E-state index >= 15 is 0 Å². The Morgan fingerprint density at radius 3 is 2.41 bits per heavy atom. The second kappa shape index (κ2) is 4.90. The summed E-state index contributed by atoms with van der Waals surface area (Å²) in [6, 6.07) is 0. The topological polar surface area (TPSA) is 63.6 Å². The highest BCUT2D eigenvalue weighted by molar-refractivity contribution is 5.81. The first-order valence-electron chi connectivity index (χ1n) is 6.13. The van der Waals surface area contributed by atoms with Gasteiger partial charge in [0.1, 0.15) is 6.61 Å². The minimum absolute atomic E-state index is 0.162. The number of hydrogen-bond donors (Lipinski definition) is 1. The lowest BCUT2D eigenvalue weighted by Gasteiger charge is -2.13. The summed E-state index contributed by atoms with van der Waals surface area (Å²) in [7, 11) is 0. The third-order valence-corrected chi connectivity index (χ3v) is 3.85. The molecule has 0 aromatic carbocycles. The molecule has 1 unspecified atom stereocenters. The molecule has 3 atom stereocenters. The van der Waals surface area contributed by atoms with Crippen molar-refractivity contribution in [1.82, 2.24) is 0 Å². The number of aliphatic carboxylic acids is 1.